The van der Waals surface area contributed by atoms with E-state index in [2.05, 4.69) is 24.1 Å². The smallest absolute Gasteiger partial charge is 0.0798 e. The van der Waals surface area contributed by atoms with Gasteiger partial charge in [0.1, 0.15) is 0 Å². The highest BCUT2D eigenvalue weighted by Crippen LogP contribution is 2.28. The van der Waals surface area contributed by atoms with E-state index in [0.717, 1.165) is 26.0 Å². The molecule has 96 valence electrons. The van der Waals surface area contributed by atoms with Gasteiger partial charge in [-0.2, -0.15) is 0 Å². The second-order valence-corrected chi connectivity index (χ2v) is 5.51. The normalized spacial score (nSPS) is 21.9. The van der Waals surface area contributed by atoms with Crippen molar-refractivity contribution < 1.29 is 4.74 Å². The van der Waals surface area contributed by atoms with E-state index in [-0.39, 0.29) is 0 Å². The van der Waals surface area contributed by atoms with Crippen molar-refractivity contribution in [1.29, 1.82) is 0 Å². The van der Waals surface area contributed by atoms with Crippen LogP contribution in [0.4, 0.5) is 0 Å². The fraction of sp³-hybridized carbons (Fsp3) is 0.769. The van der Waals surface area contributed by atoms with Crippen LogP contribution < -0.4 is 5.32 Å². The van der Waals surface area contributed by atoms with Gasteiger partial charge in [0.15, 0.2) is 0 Å². The topological polar surface area (TPSA) is 34.1 Å². The van der Waals surface area contributed by atoms with Crippen molar-refractivity contribution in [3.8, 4) is 0 Å². The van der Waals surface area contributed by atoms with Crippen LogP contribution >= 0.6 is 11.3 Å². The molecule has 1 aliphatic rings. The zero-order valence-corrected chi connectivity index (χ0v) is 11.6. The van der Waals surface area contributed by atoms with Crippen molar-refractivity contribution in [2.75, 3.05) is 13.2 Å². The van der Waals surface area contributed by atoms with Crippen LogP contribution in [0.1, 0.15) is 49.2 Å². The maximum absolute atomic E-state index is 5.69. The summed E-state index contributed by atoms with van der Waals surface area (Å²) in [4.78, 5) is 5.74. The van der Waals surface area contributed by atoms with Gasteiger partial charge in [-0.05, 0) is 39.2 Å². The molecule has 4 heteroatoms. The van der Waals surface area contributed by atoms with E-state index in [1.807, 2.05) is 5.51 Å². The summed E-state index contributed by atoms with van der Waals surface area (Å²) in [6, 6.07) is 0.455. The fourth-order valence-corrected chi connectivity index (χ4v) is 3.36. The highest BCUT2D eigenvalue weighted by atomic mass is 32.1. The van der Waals surface area contributed by atoms with Crippen molar-refractivity contribution in [2.24, 2.45) is 0 Å². The van der Waals surface area contributed by atoms with Crippen molar-refractivity contribution >= 4 is 11.3 Å². The Kier molecular flexibility index (Phi) is 4.95. The average molecular weight is 254 g/mol. The van der Waals surface area contributed by atoms with Gasteiger partial charge in [-0.3, -0.25) is 0 Å². The molecule has 2 atom stereocenters. The maximum Gasteiger partial charge on any atom is 0.0798 e. The highest BCUT2D eigenvalue weighted by Gasteiger charge is 2.20. The Bertz CT molecular complexity index is 334. The summed E-state index contributed by atoms with van der Waals surface area (Å²) < 4.78 is 5.69. The first-order valence-electron chi connectivity index (χ1n) is 6.56. The molecular formula is C13H22N2OS. The Morgan fingerprint density at radius 1 is 1.65 bits per heavy atom. The zero-order chi connectivity index (χ0) is 12.1. The number of nitrogens with one attached hydrogen (secondary N) is 1. The molecule has 1 saturated heterocycles. The summed E-state index contributed by atoms with van der Waals surface area (Å²) in [6.07, 6.45) is 5.28. The molecule has 1 aliphatic heterocycles. The van der Waals surface area contributed by atoms with Crippen molar-refractivity contribution in [3.63, 3.8) is 0 Å². The first-order valence-corrected chi connectivity index (χ1v) is 7.44. The largest absolute Gasteiger partial charge is 0.378 e. The molecule has 1 aromatic heterocycles. The summed E-state index contributed by atoms with van der Waals surface area (Å²) in [7, 11) is 0. The van der Waals surface area contributed by atoms with Gasteiger partial charge in [0, 0.05) is 17.5 Å². The van der Waals surface area contributed by atoms with E-state index in [4.69, 9.17) is 4.74 Å². The lowest BCUT2D eigenvalue weighted by Gasteiger charge is -2.19. The quantitative estimate of drug-likeness (QED) is 0.847. The van der Waals surface area contributed by atoms with Crippen LogP contribution in [0.5, 0.6) is 0 Å². The van der Waals surface area contributed by atoms with Gasteiger partial charge in [0.05, 0.1) is 17.3 Å². The number of aromatic nitrogens is 1. The molecule has 1 fully saturated rings. The summed E-state index contributed by atoms with van der Waals surface area (Å²) in [5, 5.41) is 3.56. The number of nitrogens with zero attached hydrogens (tertiary/aromatic N) is 1. The van der Waals surface area contributed by atoms with Gasteiger partial charge >= 0.3 is 0 Å². The van der Waals surface area contributed by atoms with Gasteiger partial charge in [-0.25, -0.2) is 4.98 Å². The van der Waals surface area contributed by atoms with E-state index >= 15 is 0 Å². The molecule has 0 aliphatic carbocycles. The average Bonchev–Trinajstić information content (AvgIpc) is 2.95. The Balaban J connectivity index is 1.90. The van der Waals surface area contributed by atoms with E-state index in [1.165, 1.54) is 23.4 Å². The second-order valence-electron chi connectivity index (χ2n) is 4.62. The third-order valence-electron chi connectivity index (χ3n) is 3.35. The summed E-state index contributed by atoms with van der Waals surface area (Å²) in [5.41, 5.74) is 3.12. The Hall–Kier alpha value is -0.450. The van der Waals surface area contributed by atoms with Crippen molar-refractivity contribution in [1.82, 2.24) is 10.3 Å². The van der Waals surface area contributed by atoms with Gasteiger partial charge in [0.2, 0.25) is 0 Å². The third-order valence-corrected chi connectivity index (χ3v) is 4.40. The Morgan fingerprint density at radius 3 is 3.12 bits per heavy atom. The first-order chi connectivity index (χ1) is 8.31. The van der Waals surface area contributed by atoms with E-state index in [1.54, 1.807) is 11.3 Å². The lowest BCUT2D eigenvalue weighted by molar-refractivity contribution is 0.0997. The monoisotopic (exact) mass is 254 g/mol. The molecule has 17 heavy (non-hydrogen) atoms. The standard InChI is InChI=1S/C13H22N2OS/c1-3-14-12(13-10(2)15-9-17-13)7-6-11-5-4-8-16-11/h9,11-12,14H,3-8H2,1-2H3. The minimum Gasteiger partial charge on any atom is -0.378 e. The molecule has 0 saturated carbocycles. The predicted octanol–water partition coefficient (Wildman–Crippen LogP) is 3.06. The minimum absolute atomic E-state index is 0.455. The van der Waals surface area contributed by atoms with Gasteiger partial charge in [0.25, 0.3) is 0 Å². The molecule has 0 bridgehead atoms. The first kappa shape index (κ1) is 13.0. The van der Waals surface area contributed by atoms with E-state index in [0.29, 0.717) is 12.1 Å². The molecule has 2 heterocycles. The molecule has 0 radical (unpaired) electrons. The molecule has 2 rings (SSSR count). The predicted molar refractivity (Wildman–Crippen MR) is 71.5 cm³/mol. The number of aryl methyl sites for hydroxylation is 1. The van der Waals surface area contributed by atoms with Crippen LogP contribution in [-0.4, -0.2) is 24.2 Å². The van der Waals surface area contributed by atoms with Crippen LogP contribution in [0.15, 0.2) is 5.51 Å². The van der Waals surface area contributed by atoms with Gasteiger partial charge in [-0.1, -0.05) is 6.92 Å². The number of hydrogen-bond donors (Lipinski definition) is 1. The summed E-state index contributed by atoms with van der Waals surface area (Å²) >= 11 is 1.77. The van der Waals surface area contributed by atoms with Crippen LogP contribution in [0.25, 0.3) is 0 Å². The molecule has 3 nitrogen and oxygen atoms in total. The molecule has 2 unspecified atom stereocenters. The van der Waals surface area contributed by atoms with Gasteiger partial charge < -0.3 is 10.1 Å². The molecule has 1 N–H and O–H groups in total. The number of thiazole rings is 1. The van der Waals surface area contributed by atoms with Crippen LogP contribution in [0, 0.1) is 6.92 Å². The van der Waals surface area contributed by atoms with Crippen LogP contribution in [0.2, 0.25) is 0 Å². The lowest BCUT2D eigenvalue weighted by atomic mass is 10.0. The van der Waals surface area contributed by atoms with Crippen molar-refractivity contribution in [3.05, 3.63) is 16.1 Å². The minimum atomic E-state index is 0.455. The number of rotatable bonds is 6. The van der Waals surface area contributed by atoms with Crippen LogP contribution in [0.3, 0.4) is 0 Å². The molecular weight excluding hydrogens is 232 g/mol. The van der Waals surface area contributed by atoms with Crippen LogP contribution in [-0.2, 0) is 4.74 Å². The second kappa shape index (κ2) is 6.47. The molecule has 0 aromatic carbocycles. The number of ether oxygens (including phenoxy) is 1. The molecule has 0 spiro atoms. The highest BCUT2D eigenvalue weighted by molar-refractivity contribution is 7.09. The fourth-order valence-electron chi connectivity index (χ4n) is 2.44. The van der Waals surface area contributed by atoms with E-state index in [9.17, 15) is 0 Å². The molecule has 1 aromatic rings. The summed E-state index contributed by atoms with van der Waals surface area (Å²) in [6.45, 7) is 6.22. The Labute approximate surface area is 108 Å². The summed E-state index contributed by atoms with van der Waals surface area (Å²) in [5.74, 6) is 0. The van der Waals surface area contributed by atoms with Crippen molar-refractivity contribution in [2.45, 2.75) is 51.7 Å². The lowest BCUT2D eigenvalue weighted by Crippen LogP contribution is -2.22. The van der Waals surface area contributed by atoms with Gasteiger partial charge in [-0.15, -0.1) is 11.3 Å². The third kappa shape index (κ3) is 3.50. The Morgan fingerprint density at radius 2 is 2.53 bits per heavy atom. The molecule has 0 amide bonds. The number of hydrogen-bond acceptors (Lipinski definition) is 4. The zero-order valence-electron chi connectivity index (χ0n) is 10.7. The maximum atomic E-state index is 5.69. The SMILES string of the molecule is CCNC(CCC1CCCO1)c1scnc1C. The van der Waals surface area contributed by atoms with E-state index < -0.39 is 0 Å².